The number of aromatic nitrogens is 1. The molecule has 2 rings (SSSR count). The highest BCUT2D eigenvalue weighted by Crippen LogP contribution is 2.25. The third kappa shape index (κ3) is 2.64. The highest BCUT2D eigenvalue weighted by atomic mass is 16.4. The fraction of sp³-hybridized carbons (Fsp3) is 0.769. The first-order chi connectivity index (χ1) is 7.66. The summed E-state index contributed by atoms with van der Waals surface area (Å²) in [6.45, 7) is 8.62. The average molecular weight is 222 g/mol. The molecule has 1 saturated heterocycles. The number of nitrogens with one attached hydrogen (secondary N) is 1. The van der Waals surface area contributed by atoms with Crippen LogP contribution in [-0.2, 0) is 6.42 Å². The summed E-state index contributed by atoms with van der Waals surface area (Å²) in [5, 5.41) is 3.40. The average Bonchev–Trinajstić information content (AvgIpc) is 2.61. The van der Waals surface area contributed by atoms with Crippen LogP contribution in [0.15, 0.2) is 4.42 Å². The van der Waals surface area contributed by atoms with Gasteiger partial charge in [-0.3, -0.25) is 0 Å². The number of aryl methyl sites for hydroxylation is 1. The number of nitrogens with zero attached hydrogens (tertiary/aromatic N) is 1. The van der Waals surface area contributed by atoms with E-state index in [1.807, 2.05) is 6.92 Å². The van der Waals surface area contributed by atoms with Crippen molar-refractivity contribution in [3.8, 4) is 0 Å². The Morgan fingerprint density at radius 2 is 2.31 bits per heavy atom. The van der Waals surface area contributed by atoms with E-state index in [1.54, 1.807) is 0 Å². The van der Waals surface area contributed by atoms with Gasteiger partial charge in [-0.1, -0.05) is 13.8 Å². The smallest absolute Gasteiger partial charge is 0.199 e. The first-order valence-electron chi connectivity index (χ1n) is 6.33. The molecular formula is C13H22N2O. The molecular weight excluding hydrogens is 200 g/mol. The van der Waals surface area contributed by atoms with Crippen LogP contribution in [0.1, 0.15) is 50.0 Å². The van der Waals surface area contributed by atoms with Gasteiger partial charge in [-0.15, -0.1) is 0 Å². The molecule has 0 spiro atoms. The molecule has 1 atom stereocenters. The molecule has 0 aliphatic carbocycles. The third-order valence-corrected chi connectivity index (χ3v) is 3.16. The van der Waals surface area contributed by atoms with Crippen LogP contribution in [0.3, 0.4) is 0 Å². The highest BCUT2D eigenvalue weighted by molar-refractivity contribution is 5.11. The maximum Gasteiger partial charge on any atom is 0.199 e. The summed E-state index contributed by atoms with van der Waals surface area (Å²) in [4.78, 5) is 4.67. The van der Waals surface area contributed by atoms with Crippen LogP contribution in [0.25, 0.3) is 0 Å². The van der Waals surface area contributed by atoms with Crippen molar-refractivity contribution in [1.29, 1.82) is 0 Å². The Kier molecular flexibility index (Phi) is 3.64. The molecule has 0 bridgehead atoms. The molecule has 1 aliphatic heterocycles. The summed E-state index contributed by atoms with van der Waals surface area (Å²) in [5.41, 5.74) is 1.15. The standard InChI is InChI=1S/C13H22N2O/c1-9(2)7-12-10(3)16-13(15-12)11-5-4-6-14-8-11/h9,11,14H,4-8H2,1-3H3. The van der Waals surface area contributed by atoms with E-state index >= 15 is 0 Å². The Morgan fingerprint density at radius 3 is 2.94 bits per heavy atom. The van der Waals surface area contributed by atoms with Crippen LogP contribution < -0.4 is 5.32 Å². The number of hydrogen-bond donors (Lipinski definition) is 1. The lowest BCUT2D eigenvalue weighted by atomic mass is 10.00. The SMILES string of the molecule is Cc1oc(C2CCCNC2)nc1CC(C)C. The summed E-state index contributed by atoms with van der Waals surface area (Å²) < 4.78 is 5.80. The highest BCUT2D eigenvalue weighted by Gasteiger charge is 2.21. The first kappa shape index (κ1) is 11.6. The summed E-state index contributed by atoms with van der Waals surface area (Å²) in [5.74, 6) is 3.07. The number of oxazole rings is 1. The van der Waals surface area contributed by atoms with Gasteiger partial charge in [0.25, 0.3) is 0 Å². The topological polar surface area (TPSA) is 38.1 Å². The summed E-state index contributed by atoms with van der Waals surface area (Å²) in [7, 11) is 0. The number of hydrogen-bond acceptors (Lipinski definition) is 3. The van der Waals surface area contributed by atoms with Gasteiger partial charge in [0.15, 0.2) is 5.89 Å². The van der Waals surface area contributed by atoms with Crippen molar-refractivity contribution in [3.63, 3.8) is 0 Å². The first-order valence-corrected chi connectivity index (χ1v) is 6.33. The van der Waals surface area contributed by atoms with Gasteiger partial charge in [-0.2, -0.15) is 0 Å². The van der Waals surface area contributed by atoms with E-state index in [4.69, 9.17) is 4.42 Å². The maximum atomic E-state index is 5.80. The van der Waals surface area contributed by atoms with Gasteiger partial charge < -0.3 is 9.73 Å². The quantitative estimate of drug-likeness (QED) is 0.854. The molecule has 0 saturated carbocycles. The van der Waals surface area contributed by atoms with Gasteiger partial charge in [-0.05, 0) is 38.6 Å². The maximum absolute atomic E-state index is 5.80. The lowest BCUT2D eigenvalue weighted by Crippen LogP contribution is -2.28. The van der Waals surface area contributed by atoms with Crippen LogP contribution >= 0.6 is 0 Å². The minimum Gasteiger partial charge on any atom is -0.445 e. The molecule has 0 radical (unpaired) electrons. The van der Waals surface area contributed by atoms with E-state index in [-0.39, 0.29) is 0 Å². The minimum atomic E-state index is 0.480. The van der Waals surface area contributed by atoms with Gasteiger partial charge in [0, 0.05) is 12.5 Å². The van der Waals surface area contributed by atoms with E-state index in [2.05, 4.69) is 24.1 Å². The fourth-order valence-corrected chi connectivity index (χ4v) is 2.26. The number of piperidine rings is 1. The van der Waals surface area contributed by atoms with E-state index in [1.165, 1.54) is 12.8 Å². The Hall–Kier alpha value is -0.830. The fourth-order valence-electron chi connectivity index (χ4n) is 2.26. The second-order valence-electron chi connectivity index (χ2n) is 5.20. The molecule has 2 heterocycles. The molecule has 16 heavy (non-hydrogen) atoms. The van der Waals surface area contributed by atoms with Crippen LogP contribution in [0.2, 0.25) is 0 Å². The second kappa shape index (κ2) is 5.00. The van der Waals surface area contributed by atoms with E-state index in [0.717, 1.165) is 36.9 Å². The zero-order chi connectivity index (χ0) is 11.5. The molecule has 3 nitrogen and oxygen atoms in total. The van der Waals surface area contributed by atoms with Gasteiger partial charge in [-0.25, -0.2) is 4.98 Å². The Balaban J connectivity index is 2.09. The number of rotatable bonds is 3. The van der Waals surface area contributed by atoms with E-state index in [0.29, 0.717) is 11.8 Å². The molecule has 3 heteroatoms. The van der Waals surface area contributed by atoms with Gasteiger partial charge in [0.2, 0.25) is 0 Å². The van der Waals surface area contributed by atoms with Crippen molar-refractivity contribution in [1.82, 2.24) is 10.3 Å². The van der Waals surface area contributed by atoms with Crippen LogP contribution in [-0.4, -0.2) is 18.1 Å². The largest absolute Gasteiger partial charge is 0.445 e. The Bertz CT molecular complexity index is 338. The van der Waals surface area contributed by atoms with Crippen molar-refractivity contribution in [3.05, 3.63) is 17.3 Å². The van der Waals surface area contributed by atoms with Crippen molar-refractivity contribution in [2.45, 2.75) is 46.0 Å². The monoisotopic (exact) mass is 222 g/mol. The molecule has 0 aromatic carbocycles. The summed E-state index contributed by atoms with van der Waals surface area (Å²) >= 11 is 0. The predicted octanol–water partition coefficient (Wildman–Crippen LogP) is 2.65. The lowest BCUT2D eigenvalue weighted by molar-refractivity contribution is 0.368. The lowest BCUT2D eigenvalue weighted by Gasteiger charge is -2.19. The molecule has 90 valence electrons. The van der Waals surface area contributed by atoms with Crippen molar-refractivity contribution >= 4 is 0 Å². The molecule has 0 amide bonds. The molecule has 1 aromatic heterocycles. The van der Waals surface area contributed by atoms with E-state index < -0.39 is 0 Å². The van der Waals surface area contributed by atoms with Crippen molar-refractivity contribution in [2.75, 3.05) is 13.1 Å². The Morgan fingerprint density at radius 1 is 1.50 bits per heavy atom. The Labute approximate surface area is 97.6 Å². The van der Waals surface area contributed by atoms with Crippen LogP contribution in [0, 0.1) is 12.8 Å². The minimum absolute atomic E-state index is 0.480. The normalized spacial score (nSPS) is 21.6. The van der Waals surface area contributed by atoms with Crippen LogP contribution in [0.5, 0.6) is 0 Å². The van der Waals surface area contributed by atoms with Gasteiger partial charge >= 0.3 is 0 Å². The van der Waals surface area contributed by atoms with Gasteiger partial charge in [0.05, 0.1) is 5.69 Å². The third-order valence-electron chi connectivity index (χ3n) is 3.16. The van der Waals surface area contributed by atoms with Crippen molar-refractivity contribution in [2.24, 2.45) is 5.92 Å². The molecule has 1 aliphatic rings. The van der Waals surface area contributed by atoms with Gasteiger partial charge in [0.1, 0.15) is 5.76 Å². The zero-order valence-corrected chi connectivity index (χ0v) is 10.5. The predicted molar refractivity (Wildman–Crippen MR) is 64.6 cm³/mol. The molecule has 1 N–H and O–H groups in total. The summed E-state index contributed by atoms with van der Waals surface area (Å²) in [6.07, 6.45) is 3.45. The zero-order valence-electron chi connectivity index (χ0n) is 10.5. The van der Waals surface area contributed by atoms with E-state index in [9.17, 15) is 0 Å². The molecule has 1 aromatic rings. The second-order valence-corrected chi connectivity index (χ2v) is 5.20. The summed E-state index contributed by atoms with van der Waals surface area (Å²) in [6, 6.07) is 0. The van der Waals surface area contributed by atoms with Crippen molar-refractivity contribution < 1.29 is 4.42 Å². The van der Waals surface area contributed by atoms with Crippen LogP contribution in [0.4, 0.5) is 0 Å². The molecule has 1 fully saturated rings. The molecule has 1 unspecified atom stereocenters.